The molecule has 0 spiro atoms. The summed E-state index contributed by atoms with van der Waals surface area (Å²) in [6.45, 7) is 1.74. The summed E-state index contributed by atoms with van der Waals surface area (Å²) in [4.78, 5) is 12.5. The van der Waals surface area contributed by atoms with E-state index in [2.05, 4.69) is 10.8 Å². The second-order valence-corrected chi connectivity index (χ2v) is 9.33. The van der Waals surface area contributed by atoms with E-state index in [1.165, 1.54) is 0 Å². The van der Waals surface area contributed by atoms with Gasteiger partial charge in [0.2, 0.25) is 0 Å². The third kappa shape index (κ3) is 6.54. The number of anilines is 1. The standard InChI is InChI=1S/C29H32N2O6/c32-29(22-11-13-23(31-33)14-12-22)30-16-24-15-25-28(36-24)27(35-18-21-9-5-2-6-10-21)26(37-25)19-34-17-20-7-3-1-4-8-20/h1-14,24-28,31,33H,15-19H2,(H,30,32)/t24-,25?,26-,27-,28?/m1/s1. The van der Waals surface area contributed by atoms with Gasteiger partial charge in [0.05, 0.1) is 37.7 Å². The maximum atomic E-state index is 12.5. The summed E-state index contributed by atoms with van der Waals surface area (Å²) in [6.07, 6.45) is -0.379. The molecule has 0 radical (unpaired) electrons. The number of nitrogens with one attached hydrogen (secondary N) is 2. The molecule has 194 valence electrons. The Bertz CT molecular complexity index is 1130. The van der Waals surface area contributed by atoms with E-state index < -0.39 is 0 Å². The number of fused-ring (bicyclic) bond motifs is 1. The van der Waals surface area contributed by atoms with Crippen molar-refractivity contribution < 1.29 is 28.9 Å². The molecule has 2 fully saturated rings. The molecule has 2 saturated heterocycles. The molecule has 3 aromatic rings. The van der Waals surface area contributed by atoms with E-state index in [0.717, 1.165) is 11.1 Å². The summed E-state index contributed by atoms with van der Waals surface area (Å²) in [6, 6.07) is 26.6. The number of rotatable bonds is 11. The Hall–Kier alpha value is -3.27. The van der Waals surface area contributed by atoms with Crippen molar-refractivity contribution in [3.8, 4) is 0 Å². The quantitative estimate of drug-likeness (QED) is 0.340. The van der Waals surface area contributed by atoms with Crippen LogP contribution in [-0.2, 0) is 32.2 Å². The van der Waals surface area contributed by atoms with Crippen LogP contribution in [0.3, 0.4) is 0 Å². The number of ether oxygens (including phenoxy) is 4. The van der Waals surface area contributed by atoms with Gasteiger partial charge in [-0.3, -0.25) is 15.5 Å². The van der Waals surface area contributed by atoms with Gasteiger partial charge in [-0.1, -0.05) is 60.7 Å². The molecule has 3 N–H and O–H groups in total. The van der Waals surface area contributed by atoms with Crippen molar-refractivity contribution in [2.24, 2.45) is 0 Å². The van der Waals surface area contributed by atoms with Crippen LogP contribution in [0, 0.1) is 0 Å². The molecule has 2 aliphatic heterocycles. The number of hydrogen-bond acceptors (Lipinski definition) is 7. The molecule has 3 aromatic carbocycles. The molecule has 0 saturated carbocycles. The largest absolute Gasteiger partial charge is 0.374 e. The van der Waals surface area contributed by atoms with Gasteiger partial charge in [0, 0.05) is 18.5 Å². The Balaban J connectivity index is 1.16. The van der Waals surface area contributed by atoms with Crippen molar-refractivity contribution >= 4 is 11.6 Å². The summed E-state index contributed by atoms with van der Waals surface area (Å²) < 4.78 is 25.0. The topological polar surface area (TPSA) is 98.3 Å². The maximum Gasteiger partial charge on any atom is 0.251 e. The molecule has 37 heavy (non-hydrogen) atoms. The molecule has 5 rings (SSSR count). The molecule has 8 heteroatoms. The van der Waals surface area contributed by atoms with Crippen LogP contribution in [-0.4, -0.2) is 54.8 Å². The fourth-order valence-corrected chi connectivity index (χ4v) is 4.80. The van der Waals surface area contributed by atoms with Crippen LogP contribution < -0.4 is 10.8 Å². The maximum absolute atomic E-state index is 12.5. The smallest absolute Gasteiger partial charge is 0.251 e. The van der Waals surface area contributed by atoms with Gasteiger partial charge in [0.1, 0.15) is 18.3 Å². The van der Waals surface area contributed by atoms with Crippen molar-refractivity contribution in [2.45, 2.75) is 50.2 Å². The van der Waals surface area contributed by atoms with E-state index in [1.807, 2.05) is 60.7 Å². The van der Waals surface area contributed by atoms with Crippen LogP contribution in [0.25, 0.3) is 0 Å². The summed E-state index contributed by atoms with van der Waals surface area (Å²) in [5.41, 5.74) is 5.27. The minimum Gasteiger partial charge on any atom is -0.374 e. The zero-order chi connectivity index (χ0) is 25.5. The highest BCUT2D eigenvalue weighted by Crippen LogP contribution is 2.36. The highest BCUT2D eigenvalue weighted by atomic mass is 16.6. The average Bonchev–Trinajstić information content (AvgIpc) is 3.49. The Kier molecular flexibility index (Phi) is 8.45. The van der Waals surface area contributed by atoms with Crippen molar-refractivity contribution in [1.82, 2.24) is 5.32 Å². The van der Waals surface area contributed by atoms with Gasteiger partial charge in [-0.05, 0) is 35.4 Å². The summed E-state index contributed by atoms with van der Waals surface area (Å²) in [7, 11) is 0. The first kappa shape index (κ1) is 25.4. The fraction of sp³-hybridized carbons (Fsp3) is 0.345. The Morgan fingerprint density at radius 3 is 2.24 bits per heavy atom. The van der Waals surface area contributed by atoms with Crippen molar-refractivity contribution in [3.63, 3.8) is 0 Å². The molecule has 0 aromatic heterocycles. The van der Waals surface area contributed by atoms with Crippen molar-refractivity contribution in [3.05, 3.63) is 102 Å². The summed E-state index contributed by atoms with van der Waals surface area (Å²) in [5.74, 6) is -0.199. The van der Waals surface area contributed by atoms with Crippen molar-refractivity contribution in [1.29, 1.82) is 0 Å². The lowest BCUT2D eigenvalue weighted by Crippen LogP contribution is -2.39. The fourth-order valence-electron chi connectivity index (χ4n) is 4.80. The van der Waals surface area contributed by atoms with Gasteiger partial charge < -0.3 is 24.3 Å². The lowest BCUT2D eigenvalue weighted by atomic mass is 10.1. The number of carbonyl (C=O) groups excluding carboxylic acids is 1. The number of benzene rings is 3. The zero-order valence-corrected chi connectivity index (χ0v) is 20.5. The SMILES string of the molecule is O=C(NC[C@H]1CC2O[C@H](COCc3ccccc3)[C@@H](OCc3ccccc3)C2O1)c1ccc(NO)cc1. The van der Waals surface area contributed by atoms with Crippen molar-refractivity contribution in [2.75, 3.05) is 18.6 Å². The molecule has 5 atom stereocenters. The van der Waals surface area contributed by atoms with E-state index in [-0.39, 0.29) is 36.4 Å². The van der Waals surface area contributed by atoms with Crippen LogP contribution in [0.1, 0.15) is 27.9 Å². The Morgan fingerprint density at radius 2 is 1.57 bits per heavy atom. The van der Waals surface area contributed by atoms with E-state index in [4.69, 9.17) is 24.2 Å². The van der Waals surface area contributed by atoms with Gasteiger partial charge in [0.25, 0.3) is 5.91 Å². The molecular weight excluding hydrogens is 472 g/mol. The predicted octanol–water partition coefficient (Wildman–Crippen LogP) is 3.94. The average molecular weight is 505 g/mol. The molecule has 2 aliphatic rings. The second kappa shape index (κ2) is 12.3. The third-order valence-corrected chi connectivity index (χ3v) is 6.70. The molecule has 0 aliphatic carbocycles. The molecule has 0 bridgehead atoms. The number of amides is 1. The lowest BCUT2D eigenvalue weighted by Gasteiger charge is -2.24. The van der Waals surface area contributed by atoms with Gasteiger partial charge in [-0.25, -0.2) is 0 Å². The Morgan fingerprint density at radius 1 is 0.892 bits per heavy atom. The minimum atomic E-state index is -0.278. The molecule has 2 unspecified atom stereocenters. The molecule has 8 nitrogen and oxygen atoms in total. The molecular formula is C29H32N2O6. The highest BCUT2D eigenvalue weighted by Gasteiger charge is 2.51. The van der Waals surface area contributed by atoms with Crippen LogP contribution in [0.2, 0.25) is 0 Å². The predicted molar refractivity (Wildman–Crippen MR) is 137 cm³/mol. The number of hydrogen-bond donors (Lipinski definition) is 3. The van der Waals surface area contributed by atoms with Gasteiger partial charge >= 0.3 is 0 Å². The number of carbonyl (C=O) groups is 1. The third-order valence-electron chi connectivity index (χ3n) is 6.70. The van der Waals surface area contributed by atoms with Gasteiger partial charge in [-0.15, -0.1) is 0 Å². The van der Waals surface area contributed by atoms with E-state index in [0.29, 0.717) is 44.0 Å². The normalized spacial score (nSPS) is 24.5. The highest BCUT2D eigenvalue weighted by molar-refractivity contribution is 5.94. The summed E-state index contributed by atoms with van der Waals surface area (Å²) in [5, 5.41) is 11.9. The van der Waals surface area contributed by atoms with E-state index in [1.54, 1.807) is 24.3 Å². The molecule has 1 amide bonds. The van der Waals surface area contributed by atoms with E-state index in [9.17, 15) is 4.79 Å². The first-order chi connectivity index (χ1) is 18.2. The van der Waals surface area contributed by atoms with Crippen LogP contribution in [0.15, 0.2) is 84.9 Å². The first-order valence-electron chi connectivity index (χ1n) is 12.6. The van der Waals surface area contributed by atoms with Crippen LogP contribution in [0.5, 0.6) is 0 Å². The minimum absolute atomic E-state index is 0.122. The summed E-state index contributed by atoms with van der Waals surface area (Å²) >= 11 is 0. The Labute approximate surface area is 216 Å². The zero-order valence-electron chi connectivity index (χ0n) is 20.5. The lowest BCUT2D eigenvalue weighted by molar-refractivity contribution is -0.101. The van der Waals surface area contributed by atoms with Gasteiger partial charge in [-0.2, -0.15) is 0 Å². The van der Waals surface area contributed by atoms with E-state index >= 15 is 0 Å². The van der Waals surface area contributed by atoms with Crippen LogP contribution in [0.4, 0.5) is 5.69 Å². The van der Waals surface area contributed by atoms with Gasteiger partial charge in [0.15, 0.2) is 0 Å². The second-order valence-electron chi connectivity index (χ2n) is 9.33. The van der Waals surface area contributed by atoms with Crippen LogP contribution >= 0.6 is 0 Å². The monoisotopic (exact) mass is 504 g/mol. The molecule has 2 heterocycles. The first-order valence-corrected chi connectivity index (χ1v) is 12.6.